The van der Waals surface area contributed by atoms with Gasteiger partial charge in [0.15, 0.2) is 0 Å². The molecule has 4 nitrogen and oxygen atoms in total. The second-order valence-electron chi connectivity index (χ2n) is 3.84. The molecule has 1 saturated heterocycles. The van der Waals surface area contributed by atoms with Gasteiger partial charge in [0.05, 0.1) is 12.5 Å². The molecule has 1 rings (SSSR count). The summed E-state index contributed by atoms with van der Waals surface area (Å²) in [6, 6.07) is 0. The molecule has 1 aliphatic rings. The van der Waals surface area contributed by atoms with Crippen LogP contribution in [0.3, 0.4) is 0 Å². The molecule has 0 saturated carbocycles. The molecule has 0 aliphatic carbocycles. The molecule has 4 heteroatoms. The number of aliphatic hydroxyl groups excluding tert-OH is 1. The topological polar surface area (TPSA) is 52.6 Å². The normalized spacial score (nSPS) is 21.0. The molecule has 1 fully saturated rings. The third-order valence-corrected chi connectivity index (χ3v) is 2.68. The molecule has 1 aliphatic heterocycles. The van der Waals surface area contributed by atoms with Crippen molar-refractivity contribution in [2.45, 2.75) is 12.8 Å². The minimum Gasteiger partial charge on any atom is -0.395 e. The van der Waals surface area contributed by atoms with Crippen molar-refractivity contribution in [2.75, 3.05) is 32.8 Å². The first-order chi connectivity index (χ1) is 7.29. The highest BCUT2D eigenvalue weighted by Gasteiger charge is 2.24. The van der Waals surface area contributed by atoms with Gasteiger partial charge in [-0.1, -0.05) is 6.08 Å². The minimum atomic E-state index is 0.0136. The van der Waals surface area contributed by atoms with E-state index in [-0.39, 0.29) is 18.4 Å². The van der Waals surface area contributed by atoms with E-state index in [2.05, 4.69) is 11.9 Å². The Morgan fingerprint density at radius 2 is 2.47 bits per heavy atom. The van der Waals surface area contributed by atoms with Gasteiger partial charge in [-0.05, 0) is 19.4 Å². The number of piperidine rings is 1. The second kappa shape index (κ2) is 6.58. The molecule has 0 spiro atoms. The first kappa shape index (κ1) is 12.2. The van der Waals surface area contributed by atoms with E-state index in [0.29, 0.717) is 13.1 Å². The highest BCUT2D eigenvalue weighted by Crippen LogP contribution is 2.13. The van der Waals surface area contributed by atoms with Crippen LogP contribution >= 0.6 is 0 Å². The quantitative estimate of drug-likeness (QED) is 0.630. The van der Waals surface area contributed by atoms with Gasteiger partial charge in [0.1, 0.15) is 0 Å². The Morgan fingerprint density at radius 3 is 3.00 bits per heavy atom. The number of carbonyl (C=O) groups is 1. The lowest BCUT2D eigenvalue weighted by Gasteiger charge is -2.28. The summed E-state index contributed by atoms with van der Waals surface area (Å²) >= 11 is 0. The molecule has 15 heavy (non-hydrogen) atoms. The predicted octanol–water partition coefficient (Wildman–Crippen LogP) is -0.00710. The number of carbonyl (C=O) groups excluding carboxylic acids is 1. The van der Waals surface area contributed by atoms with Gasteiger partial charge in [-0.2, -0.15) is 0 Å². The van der Waals surface area contributed by atoms with E-state index in [1.165, 1.54) is 0 Å². The zero-order valence-electron chi connectivity index (χ0n) is 9.11. The molecular formula is C11H20N2O2. The largest absolute Gasteiger partial charge is 0.395 e. The summed E-state index contributed by atoms with van der Waals surface area (Å²) in [5, 5.41) is 12.1. The van der Waals surface area contributed by atoms with Gasteiger partial charge in [0, 0.05) is 19.6 Å². The highest BCUT2D eigenvalue weighted by molar-refractivity contribution is 5.79. The maximum atomic E-state index is 12.0. The Morgan fingerprint density at radius 1 is 1.67 bits per heavy atom. The van der Waals surface area contributed by atoms with Crippen molar-refractivity contribution >= 4 is 5.91 Å². The van der Waals surface area contributed by atoms with Gasteiger partial charge in [0.2, 0.25) is 5.91 Å². The summed E-state index contributed by atoms with van der Waals surface area (Å²) < 4.78 is 0. The molecular weight excluding hydrogens is 192 g/mol. The lowest BCUT2D eigenvalue weighted by atomic mass is 9.98. The Labute approximate surface area is 91.0 Å². The summed E-state index contributed by atoms with van der Waals surface area (Å²) in [6.07, 6.45) is 3.70. The smallest absolute Gasteiger partial charge is 0.227 e. The van der Waals surface area contributed by atoms with Crippen molar-refractivity contribution in [2.24, 2.45) is 5.92 Å². The van der Waals surface area contributed by atoms with E-state index in [4.69, 9.17) is 5.11 Å². The van der Waals surface area contributed by atoms with E-state index >= 15 is 0 Å². The first-order valence-electron chi connectivity index (χ1n) is 5.51. The Balaban J connectivity index is 2.48. The molecule has 0 aromatic heterocycles. The third-order valence-electron chi connectivity index (χ3n) is 2.68. The van der Waals surface area contributed by atoms with E-state index in [9.17, 15) is 4.79 Å². The highest BCUT2D eigenvalue weighted by atomic mass is 16.3. The fourth-order valence-electron chi connectivity index (χ4n) is 1.89. The van der Waals surface area contributed by atoms with Crippen LogP contribution < -0.4 is 5.32 Å². The second-order valence-corrected chi connectivity index (χ2v) is 3.84. The predicted molar refractivity (Wildman–Crippen MR) is 59.5 cm³/mol. The molecule has 1 amide bonds. The average molecular weight is 212 g/mol. The number of aliphatic hydroxyl groups is 1. The zero-order chi connectivity index (χ0) is 11.1. The van der Waals surface area contributed by atoms with Crippen molar-refractivity contribution in [3.63, 3.8) is 0 Å². The molecule has 1 heterocycles. The van der Waals surface area contributed by atoms with Gasteiger partial charge >= 0.3 is 0 Å². The lowest BCUT2D eigenvalue weighted by molar-refractivity contribution is -0.136. The summed E-state index contributed by atoms with van der Waals surface area (Å²) in [5.41, 5.74) is 0. The lowest BCUT2D eigenvalue weighted by Crippen LogP contribution is -2.44. The van der Waals surface area contributed by atoms with E-state index in [0.717, 1.165) is 25.9 Å². The Hall–Kier alpha value is -0.870. The van der Waals surface area contributed by atoms with Crippen molar-refractivity contribution in [1.82, 2.24) is 10.2 Å². The maximum absolute atomic E-state index is 12.0. The molecule has 1 unspecified atom stereocenters. The van der Waals surface area contributed by atoms with Crippen LogP contribution in [0.1, 0.15) is 12.8 Å². The maximum Gasteiger partial charge on any atom is 0.227 e. The van der Waals surface area contributed by atoms with Gasteiger partial charge in [0.25, 0.3) is 0 Å². The summed E-state index contributed by atoms with van der Waals surface area (Å²) in [7, 11) is 0. The van der Waals surface area contributed by atoms with Crippen LogP contribution in [0.2, 0.25) is 0 Å². The van der Waals surface area contributed by atoms with E-state index in [1.807, 2.05) is 0 Å². The van der Waals surface area contributed by atoms with Gasteiger partial charge in [-0.15, -0.1) is 6.58 Å². The third kappa shape index (κ3) is 3.64. The summed E-state index contributed by atoms with van der Waals surface area (Å²) in [5.74, 6) is 0.210. The Bertz CT molecular complexity index is 213. The molecule has 86 valence electrons. The van der Waals surface area contributed by atoms with E-state index in [1.54, 1.807) is 11.0 Å². The molecule has 2 N–H and O–H groups in total. The molecule has 0 aromatic carbocycles. The number of nitrogens with zero attached hydrogens (tertiary/aromatic N) is 1. The van der Waals surface area contributed by atoms with Crippen LogP contribution in [0.15, 0.2) is 12.7 Å². The van der Waals surface area contributed by atoms with Gasteiger partial charge in [-0.3, -0.25) is 4.79 Å². The summed E-state index contributed by atoms with van der Waals surface area (Å²) in [4.78, 5) is 13.7. The summed E-state index contributed by atoms with van der Waals surface area (Å²) in [6.45, 7) is 6.33. The average Bonchev–Trinajstić information content (AvgIpc) is 2.29. The molecule has 1 atom stereocenters. The van der Waals surface area contributed by atoms with Crippen LogP contribution in [-0.4, -0.2) is 48.7 Å². The van der Waals surface area contributed by atoms with Crippen molar-refractivity contribution in [3.8, 4) is 0 Å². The number of hydrogen-bond donors (Lipinski definition) is 2. The Kier molecular flexibility index (Phi) is 5.36. The van der Waals surface area contributed by atoms with Crippen molar-refractivity contribution in [3.05, 3.63) is 12.7 Å². The number of amides is 1. The van der Waals surface area contributed by atoms with E-state index < -0.39 is 0 Å². The van der Waals surface area contributed by atoms with Crippen molar-refractivity contribution in [1.29, 1.82) is 0 Å². The molecule has 0 radical (unpaired) electrons. The zero-order valence-corrected chi connectivity index (χ0v) is 9.11. The SMILES string of the molecule is C=CCN(CCO)C(=O)C1CCCNC1. The van der Waals surface area contributed by atoms with Crippen molar-refractivity contribution < 1.29 is 9.90 Å². The monoisotopic (exact) mass is 212 g/mol. The number of rotatable bonds is 5. The van der Waals surface area contributed by atoms with Gasteiger partial charge in [-0.25, -0.2) is 0 Å². The molecule has 0 aromatic rings. The van der Waals surface area contributed by atoms with Crippen LogP contribution in [0.25, 0.3) is 0 Å². The standard InChI is InChI=1S/C11H20N2O2/c1-2-6-13(7-8-14)11(15)10-4-3-5-12-9-10/h2,10,12,14H,1,3-9H2. The van der Waals surface area contributed by atoms with Crippen LogP contribution in [0, 0.1) is 5.92 Å². The van der Waals surface area contributed by atoms with Crippen LogP contribution in [0.5, 0.6) is 0 Å². The van der Waals surface area contributed by atoms with Crippen LogP contribution in [-0.2, 0) is 4.79 Å². The number of hydrogen-bond acceptors (Lipinski definition) is 3. The fraction of sp³-hybridized carbons (Fsp3) is 0.727. The first-order valence-corrected chi connectivity index (χ1v) is 5.51. The van der Waals surface area contributed by atoms with Gasteiger partial charge < -0.3 is 15.3 Å². The fourth-order valence-corrected chi connectivity index (χ4v) is 1.89. The minimum absolute atomic E-state index is 0.0136. The van der Waals surface area contributed by atoms with Crippen LogP contribution in [0.4, 0.5) is 0 Å². The number of nitrogens with one attached hydrogen (secondary N) is 1. The molecule has 0 bridgehead atoms.